The van der Waals surface area contributed by atoms with Gasteiger partial charge >= 0.3 is 0 Å². The molecule has 2 nitrogen and oxygen atoms in total. The van der Waals surface area contributed by atoms with Gasteiger partial charge in [0.25, 0.3) is 0 Å². The Hall–Kier alpha value is -1.31. The minimum atomic E-state index is 0.395. The standard InChI is InChI=1S/C20H31NO/c1-13-8-9-19(22-7)17(10-13)12-21-18-11-14(2)20(5,6)16(4)15(18)3/h8-10,12,14-16,18H,11H2,1-7H3/t14-,15+,16+,18+/m0/s1. The van der Waals surface area contributed by atoms with Gasteiger partial charge < -0.3 is 4.74 Å². The molecule has 1 fully saturated rings. The van der Waals surface area contributed by atoms with Crippen LogP contribution in [0.5, 0.6) is 5.75 Å². The second-order valence-corrected chi connectivity index (χ2v) is 7.70. The van der Waals surface area contributed by atoms with Crippen LogP contribution in [0.3, 0.4) is 0 Å². The lowest BCUT2D eigenvalue weighted by Gasteiger charge is -2.48. The van der Waals surface area contributed by atoms with Crippen LogP contribution in [-0.2, 0) is 0 Å². The lowest BCUT2D eigenvalue weighted by Crippen LogP contribution is -2.44. The number of ether oxygens (including phenoxy) is 1. The Morgan fingerprint density at radius 2 is 1.91 bits per heavy atom. The van der Waals surface area contributed by atoms with Crippen molar-refractivity contribution < 1.29 is 4.74 Å². The molecule has 1 saturated carbocycles. The van der Waals surface area contributed by atoms with E-state index in [-0.39, 0.29) is 0 Å². The molecular formula is C20H31NO. The van der Waals surface area contributed by atoms with E-state index in [2.05, 4.69) is 53.7 Å². The normalized spacial score (nSPS) is 31.4. The van der Waals surface area contributed by atoms with Crippen LogP contribution in [0.4, 0.5) is 0 Å². The van der Waals surface area contributed by atoms with E-state index in [1.807, 2.05) is 12.3 Å². The molecule has 0 amide bonds. The molecule has 2 heteroatoms. The summed E-state index contributed by atoms with van der Waals surface area (Å²) in [5, 5.41) is 0. The maximum absolute atomic E-state index is 5.45. The van der Waals surface area contributed by atoms with Crippen molar-refractivity contribution in [2.45, 2.75) is 54.0 Å². The molecule has 4 atom stereocenters. The molecular weight excluding hydrogens is 270 g/mol. The zero-order valence-corrected chi connectivity index (χ0v) is 15.2. The van der Waals surface area contributed by atoms with Crippen molar-refractivity contribution in [1.29, 1.82) is 0 Å². The summed E-state index contributed by atoms with van der Waals surface area (Å²) in [6.07, 6.45) is 3.19. The molecule has 0 unspecified atom stereocenters. The zero-order valence-electron chi connectivity index (χ0n) is 15.2. The average Bonchev–Trinajstić information content (AvgIpc) is 2.48. The predicted octanol–water partition coefficient (Wildman–Crippen LogP) is 5.13. The molecule has 1 aliphatic rings. The Bertz CT molecular complexity index is 547. The first-order chi connectivity index (χ1) is 10.3. The van der Waals surface area contributed by atoms with Crippen LogP contribution < -0.4 is 4.74 Å². The molecule has 0 radical (unpaired) electrons. The van der Waals surface area contributed by atoms with E-state index in [1.165, 1.54) is 12.0 Å². The lowest BCUT2D eigenvalue weighted by atomic mass is 9.58. The van der Waals surface area contributed by atoms with Crippen molar-refractivity contribution >= 4 is 6.21 Å². The number of aliphatic imine (C=N–C) groups is 1. The highest BCUT2D eigenvalue weighted by atomic mass is 16.5. The molecule has 122 valence electrons. The van der Waals surface area contributed by atoms with Gasteiger partial charge in [0.1, 0.15) is 5.75 Å². The first-order valence-corrected chi connectivity index (χ1v) is 8.45. The molecule has 0 aromatic heterocycles. The van der Waals surface area contributed by atoms with E-state index in [0.717, 1.165) is 11.3 Å². The summed E-state index contributed by atoms with van der Waals surface area (Å²) in [5.74, 6) is 2.88. The Morgan fingerprint density at radius 3 is 2.55 bits per heavy atom. The van der Waals surface area contributed by atoms with Crippen molar-refractivity contribution in [3.8, 4) is 5.75 Å². The second-order valence-electron chi connectivity index (χ2n) is 7.70. The monoisotopic (exact) mass is 301 g/mol. The smallest absolute Gasteiger partial charge is 0.127 e. The molecule has 1 aromatic rings. The molecule has 0 bridgehead atoms. The minimum Gasteiger partial charge on any atom is -0.496 e. The molecule has 0 saturated heterocycles. The highest BCUT2D eigenvalue weighted by Crippen LogP contribution is 2.48. The van der Waals surface area contributed by atoms with Gasteiger partial charge in [0.2, 0.25) is 0 Å². The highest BCUT2D eigenvalue weighted by Gasteiger charge is 2.43. The van der Waals surface area contributed by atoms with Gasteiger partial charge in [-0.1, -0.05) is 46.2 Å². The van der Waals surface area contributed by atoms with Crippen LogP contribution in [-0.4, -0.2) is 19.4 Å². The maximum Gasteiger partial charge on any atom is 0.127 e. The number of benzene rings is 1. The highest BCUT2D eigenvalue weighted by molar-refractivity contribution is 5.84. The zero-order chi connectivity index (χ0) is 16.5. The number of aryl methyl sites for hydroxylation is 1. The lowest BCUT2D eigenvalue weighted by molar-refractivity contribution is 0.0272. The Balaban J connectivity index is 2.22. The van der Waals surface area contributed by atoms with Gasteiger partial charge in [0.15, 0.2) is 0 Å². The van der Waals surface area contributed by atoms with Crippen LogP contribution >= 0.6 is 0 Å². The predicted molar refractivity (Wildman–Crippen MR) is 95.0 cm³/mol. The molecule has 0 aliphatic heterocycles. The first-order valence-electron chi connectivity index (χ1n) is 8.45. The second kappa shape index (κ2) is 6.44. The van der Waals surface area contributed by atoms with E-state index in [1.54, 1.807) is 7.11 Å². The van der Waals surface area contributed by atoms with Gasteiger partial charge in [0, 0.05) is 11.8 Å². The van der Waals surface area contributed by atoms with Crippen molar-refractivity contribution in [3.63, 3.8) is 0 Å². The van der Waals surface area contributed by atoms with Gasteiger partial charge in [-0.2, -0.15) is 0 Å². The third-order valence-electron chi connectivity index (χ3n) is 6.22. The van der Waals surface area contributed by atoms with Crippen molar-refractivity contribution in [3.05, 3.63) is 29.3 Å². The number of methoxy groups -OCH3 is 1. The molecule has 1 aromatic carbocycles. The molecule has 1 aliphatic carbocycles. The summed E-state index contributed by atoms with van der Waals surface area (Å²) in [5.41, 5.74) is 2.72. The van der Waals surface area contributed by atoms with Crippen molar-refractivity contribution in [1.82, 2.24) is 0 Å². The summed E-state index contributed by atoms with van der Waals surface area (Å²) in [4.78, 5) is 4.95. The summed E-state index contributed by atoms with van der Waals surface area (Å²) in [6, 6.07) is 6.65. The number of hydrogen-bond donors (Lipinski definition) is 0. The number of hydrogen-bond acceptors (Lipinski definition) is 2. The third-order valence-corrected chi connectivity index (χ3v) is 6.22. The molecule has 2 rings (SSSR count). The Labute approximate surface area is 136 Å². The van der Waals surface area contributed by atoms with E-state index >= 15 is 0 Å². The largest absolute Gasteiger partial charge is 0.496 e. The van der Waals surface area contributed by atoms with Crippen molar-refractivity contribution in [2.75, 3.05) is 7.11 Å². The van der Waals surface area contributed by atoms with Crippen LogP contribution in [0.2, 0.25) is 0 Å². The van der Waals surface area contributed by atoms with Gasteiger partial charge in [0.05, 0.1) is 13.2 Å². The van der Waals surface area contributed by atoms with Gasteiger partial charge in [-0.05, 0) is 48.6 Å². The van der Waals surface area contributed by atoms with E-state index in [0.29, 0.717) is 29.2 Å². The number of rotatable bonds is 3. The Kier molecular flexibility index (Phi) is 4.99. The molecule has 0 spiro atoms. The SMILES string of the molecule is COc1ccc(C)cc1C=N[C@@H]1C[C@H](C)C(C)(C)[C@H](C)[C@H]1C. The average molecular weight is 301 g/mol. The summed E-state index contributed by atoms with van der Waals surface area (Å²) >= 11 is 0. The van der Waals surface area contributed by atoms with Crippen LogP contribution in [0.25, 0.3) is 0 Å². The van der Waals surface area contributed by atoms with E-state index < -0.39 is 0 Å². The summed E-state index contributed by atoms with van der Waals surface area (Å²) < 4.78 is 5.45. The van der Waals surface area contributed by atoms with Gasteiger partial charge in [-0.15, -0.1) is 0 Å². The fourth-order valence-electron chi connectivity index (χ4n) is 3.67. The van der Waals surface area contributed by atoms with E-state index in [4.69, 9.17) is 9.73 Å². The number of nitrogens with zero attached hydrogens (tertiary/aromatic N) is 1. The van der Waals surface area contributed by atoms with Crippen LogP contribution in [0, 0.1) is 30.1 Å². The molecule has 0 heterocycles. The van der Waals surface area contributed by atoms with Gasteiger partial charge in [-0.25, -0.2) is 0 Å². The first kappa shape index (κ1) is 17.1. The van der Waals surface area contributed by atoms with E-state index in [9.17, 15) is 0 Å². The summed E-state index contributed by atoms with van der Waals surface area (Å²) in [7, 11) is 1.72. The molecule has 0 N–H and O–H groups in total. The quantitative estimate of drug-likeness (QED) is 0.709. The van der Waals surface area contributed by atoms with Crippen molar-refractivity contribution in [2.24, 2.45) is 28.2 Å². The summed E-state index contributed by atoms with van der Waals surface area (Å²) in [6.45, 7) is 14.0. The van der Waals surface area contributed by atoms with Crippen LogP contribution in [0.1, 0.15) is 52.2 Å². The molecule has 22 heavy (non-hydrogen) atoms. The fourth-order valence-corrected chi connectivity index (χ4v) is 3.67. The minimum absolute atomic E-state index is 0.395. The maximum atomic E-state index is 5.45. The fraction of sp³-hybridized carbons (Fsp3) is 0.650. The van der Waals surface area contributed by atoms with Gasteiger partial charge in [-0.3, -0.25) is 4.99 Å². The topological polar surface area (TPSA) is 21.6 Å². The Morgan fingerprint density at radius 1 is 1.23 bits per heavy atom. The third kappa shape index (κ3) is 3.21. The van der Waals surface area contributed by atoms with Crippen LogP contribution in [0.15, 0.2) is 23.2 Å².